The maximum Gasteiger partial charge on any atom is 0.310 e. The smallest absolute Gasteiger partial charge is 0.310 e. The second-order valence-corrected chi connectivity index (χ2v) is 7.62. The molecular weight excluding hydrogens is 370 g/mol. The lowest BCUT2D eigenvalue weighted by Gasteiger charge is -2.31. The van der Waals surface area contributed by atoms with Crippen LogP contribution in [0.1, 0.15) is 48.1 Å². The number of carbonyl (C=O) groups is 2. The van der Waals surface area contributed by atoms with Crippen molar-refractivity contribution in [3.63, 3.8) is 0 Å². The first-order valence-electron chi connectivity index (χ1n) is 10.1. The molecule has 3 rings (SSSR count). The number of carbonyl (C=O) groups excluding carboxylic acids is 2. The molecule has 156 valence electrons. The van der Waals surface area contributed by atoms with Crippen LogP contribution in [0.5, 0.6) is 0 Å². The van der Waals surface area contributed by atoms with Crippen molar-refractivity contribution in [2.45, 2.75) is 53.9 Å². The highest BCUT2D eigenvalue weighted by atomic mass is 16.5. The van der Waals surface area contributed by atoms with E-state index < -0.39 is 0 Å². The molecule has 0 bridgehead atoms. The third-order valence-corrected chi connectivity index (χ3v) is 5.32. The van der Waals surface area contributed by atoms with Gasteiger partial charge in [0.05, 0.1) is 24.6 Å². The van der Waals surface area contributed by atoms with Crippen molar-refractivity contribution in [2.75, 3.05) is 19.7 Å². The van der Waals surface area contributed by atoms with Crippen molar-refractivity contribution >= 4 is 11.9 Å². The van der Waals surface area contributed by atoms with Crippen LogP contribution in [0.25, 0.3) is 5.95 Å². The van der Waals surface area contributed by atoms with E-state index in [-0.39, 0.29) is 24.2 Å². The summed E-state index contributed by atoms with van der Waals surface area (Å²) >= 11 is 0. The van der Waals surface area contributed by atoms with Crippen LogP contribution >= 0.6 is 0 Å². The number of aryl methyl sites for hydroxylation is 3. The summed E-state index contributed by atoms with van der Waals surface area (Å²) in [6.07, 6.45) is 1.82. The number of esters is 1. The molecule has 29 heavy (non-hydrogen) atoms. The Hall–Kier alpha value is -2.77. The molecule has 0 aromatic carbocycles. The van der Waals surface area contributed by atoms with E-state index >= 15 is 0 Å². The molecule has 3 heterocycles. The molecule has 1 amide bonds. The molecule has 2 aromatic heterocycles. The van der Waals surface area contributed by atoms with Gasteiger partial charge in [-0.15, -0.1) is 0 Å². The number of ether oxygens (including phenoxy) is 1. The van der Waals surface area contributed by atoms with Crippen molar-refractivity contribution in [1.29, 1.82) is 0 Å². The normalized spacial score (nSPS) is 16.7. The molecule has 1 aliphatic rings. The molecule has 8 nitrogen and oxygen atoms in total. The van der Waals surface area contributed by atoms with Gasteiger partial charge < -0.3 is 9.64 Å². The summed E-state index contributed by atoms with van der Waals surface area (Å²) in [6, 6.07) is 1.91. The van der Waals surface area contributed by atoms with Crippen LogP contribution in [0.2, 0.25) is 0 Å². The zero-order valence-corrected chi connectivity index (χ0v) is 17.9. The molecule has 8 heteroatoms. The van der Waals surface area contributed by atoms with Gasteiger partial charge in [-0.1, -0.05) is 0 Å². The van der Waals surface area contributed by atoms with Crippen molar-refractivity contribution in [2.24, 2.45) is 5.92 Å². The molecule has 0 radical (unpaired) electrons. The Morgan fingerprint density at radius 2 is 1.86 bits per heavy atom. The lowest BCUT2D eigenvalue weighted by atomic mass is 9.97. The zero-order chi connectivity index (χ0) is 21.1. The minimum atomic E-state index is -0.235. The SMILES string of the molecule is CCOC(=O)C1CCCN(C(=O)Cc2c(C)nn(-c3nc(C)cc(C)n3)c2C)C1. The lowest BCUT2D eigenvalue weighted by molar-refractivity contribution is -0.151. The summed E-state index contributed by atoms with van der Waals surface area (Å²) in [7, 11) is 0. The third kappa shape index (κ3) is 4.63. The molecule has 0 spiro atoms. The van der Waals surface area contributed by atoms with Crippen LogP contribution in [-0.2, 0) is 20.7 Å². The second kappa shape index (κ2) is 8.71. The Bertz CT molecular complexity index is 901. The number of amides is 1. The van der Waals surface area contributed by atoms with Crippen LogP contribution in [-0.4, -0.2) is 56.2 Å². The van der Waals surface area contributed by atoms with Crippen LogP contribution in [0.15, 0.2) is 6.07 Å². The van der Waals surface area contributed by atoms with Gasteiger partial charge in [0.2, 0.25) is 5.91 Å². The Balaban J connectivity index is 1.77. The molecule has 2 aromatic rings. The monoisotopic (exact) mass is 399 g/mol. The lowest BCUT2D eigenvalue weighted by Crippen LogP contribution is -2.43. The van der Waals surface area contributed by atoms with E-state index in [1.165, 1.54) is 0 Å². The van der Waals surface area contributed by atoms with Gasteiger partial charge in [-0.25, -0.2) is 14.6 Å². The van der Waals surface area contributed by atoms with Crippen LogP contribution < -0.4 is 0 Å². The number of rotatable bonds is 5. The van der Waals surface area contributed by atoms with E-state index in [1.54, 1.807) is 16.5 Å². The fraction of sp³-hybridized carbons (Fsp3) is 0.571. The zero-order valence-electron chi connectivity index (χ0n) is 17.9. The van der Waals surface area contributed by atoms with E-state index in [0.29, 0.717) is 25.6 Å². The number of aromatic nitrogens is 4. The van der Waals surface area contributed by atoms with Crippen molar-refractivity contribution in [3.8, 4) is 5.95 Å². The van der Waals surface area contributed by atoms with E-state index in [0.717, 1.165) is 41.2 Å². The highest BCUT2D eigenvalue weighted by Crippen LogP contribution is 2.22. The standard InChI is InChI=1S/C21H29N5O3/c1-6-29-20(28)17-8-7-9-25(12-17)19(27)11-18-15(4)24-26(16(18)5)21-22-13(2)10-14(3)23-21/h10,17H,6-9,11-12H2,1-5H3. The number of hydrogen-bond donors (Lipinski definition) is 0. The summed E-state index contributed by atoms with van der Waals surface area (Å²) in [5.41, 5.74) is 4.28. The maximum atomic E-state index is 13.0. The summed E-state index contributed by atoms with van der Waals surface area (Å²) in [5.74, 6) is 0.0756. The molecule has 1 unspecified atom stereocenters. The Labute approximate surface area is 171 Å². The molecule has 1 atom stereocenters. The van der Waals surface area contributed by atoms with E-state index in [2.05, 4.69) is 15.1 Å². The minimum Gasteiger partial charge on any atom is -0.466 e. The minimum absolute atomic E-state index is 0.00564. The number of likely N-dealkylation sites (tertiary alicyclic amines) is 1. The average molecular weight is 399 g/mol. The van der Waals surface area contributed by atoms with Crippen molar-refractivity contribution in [1.82, 2.24) is 24.6 Å². The molecule has 0 saturated carbocycles. The predicted molar refractivity (Wildman–Crippen MR) is 108 cm³/mol. The second-order valence-electron chi connectivity index (χ2n) is 7.62. The molecule has 1 aliphatic heterocycles. The first kappa shape index (κ1) is 21.0. The van der Waals surface area contributed by atoms with Gasteiger partial charge in [0, 0.05) is 35.7 Å². The Morgan fingerprint density at radius 1 is 1.17 bits per heavy atom. The Morgan fingerprint density at radius 3 is 2.52 bits per heavy atom. The fourth-order valence-corrected chi connectivity index (χ4v) is 3.85. The van der Waals surface area contributed by atoms with Gasteiger partial charge >= 0.3 is 5.97 Å². The summed E-state index contributed by atoms with van der Waals surface area (Å²) < 4.78 is 6.84. The molecule has 1 fully saturated rings. The van der Waals surface area contributed by atoms with E-state index in [1.807, 2.05) is 33.8 Å². The van der Waals surface area contributed by atoms with Gasteiger partial charge in [0.25, 0.3) is 5.95 Å². The summed E-state index contributed by atoms with van der Waals surface area (Å²) in [4.78, 5) is 35.7. The largest absolute Gasteiger partial charge is 0.466 e. The summed E-state index contributed by atoms with van der Waals surface area (Å²) in [6.45, 7) is 10.9. The van der Waals surface area contributed by atoms with Crippen molar-refractivity contribution in [3.05, 3.63) is 34.4 Å². The average Bonchev–Trinajstić information content (AvgIpc) is 2.96. The first-order valence-corrected chi connectivity index (χ1v) is 10.1. The number of piperidine rings is 1. The van der Waals surface area contributed by atoms with Gasteiger partial charge in [0.1, 0.15) is 0 Å². The van der Waals surface area contributed by atoms with Crippen LogP contribution in [0, 0.1) is 33.6 Å². The summed E-state index contributed by atoms with van der Waals surface area (Å²) in [5, 5.41) is 4.58. The highest BCUT2D eigenvalue weighted by molar-refractivity contribution is 5.81. The molecule has 0 N–H and O–H groups in total. The third-order valence-electron chi connectivity index (χ3n) is 5.32. The first-order chi connectivity index (χ1) is 13.8. The quantitative estimate of drug-likeness (QED) is 0.716. The molecule has 0 aliphatic carbocycles. The van der Waals surface area contributed by atoms with Crippen LogP contribution in [0.4, 0.5) is 0 Å². The van der Waals surface area contributed by atoms with E-state index in [4.69, 9.17) is 4.74 Å². The van der Waals surface area contributed by atoms with Gasteiger partial charge in [0.15, 0.2) is 0 Å². The highest BCUT2D eigenvalue weighted by Gasteiger charge is 2.30. The van der Waals surface area contributed by atoms with Crippen LogP contribution in [0.3, 0.4) is 0 Å². The fourth-order valence-electron chi connectivity index (χ4n) is 3.85. The molecular formula is C21H29N5O3. The molecule has 1 saturated heterocycles. The van der Waals surface area contributed by atoms with Gasteiger partial charge in [-0.05, 0) is 53.5 Å². The Kier molecular flexibility index (Phi) is 6.30. The maximum absolute atomic E-state index is 13.0. The number of nitrogens with zero attached hydrogens (tertiary/aromatic N) is 5. The number of hydrogen-bond acceptors (Lipinski definition) is 6. The van der Waals surface area contributed by atoms with Gasteiger partial charge in [-0.3, -0.25) is 9.59 Å². The van der Waals surface area contributed by atoms with E-state index in [9.17, 15) is 9.59 Å². The topological polar surface area (TPSA) is 90.2 Å². The predicted octanol–water partition coefficient (Wildman–Crippen LogP) is 2.24. The van der Waals surface area contributed by atoms with Crippen molar-refractivity contribution < 1.29 is 14.3 Å². The van der Waals surface area contributed by atoms with Gasteiger partial charge in [-0.2, -0.15) is 5.10 Å².